The van der Waals surface area contributed by atoms with Crippen molar-refractivity contribution in [2.24, 2.45) is 11.8 Å². The standard InChI is InChI=1S/C21H32O/c1-13(19-10-8-7-9-11-19)12-20(22)21-17(5)15(3)14(2)16(4)18(21)6/h13,19H,7-12H2,1-6H3/t13-/m0/s1. The minimum Gasteiger partial charge on any atom is -0.294 e. The van der Waals surface area contributed by atoms with Gasteiger partial charge in [0, 0.05) is 12.0 Å². The van der Waals surface area contributed by atoms with Gasteiger partial charge in [0.05, 0.1) is 0 Å². The van der Waals surface area contributed by atoms with Gasteiger partial charge in [0.1, 0.15) is 0 Å². The van der Waals surface area contributed by atoms with E-state index in [4.69, 9.17) is 0 Å². The van der Waals surface area contributed by atoms with Gasteiger partial charge in [0.15, 0.2) is 5.78 Å². The molecule has 1 aliphatic rings. The van der Waals surface area contributed by atoms with Crippen molar-refractivity contribution < 1.29 is 4.79 Å². The summed E-state index contributed by atoms with van der Waals surface area (Å²) in [6.07, 6.45) is 7.44. The zero-order valence-electron chi connectivity index (χ0n) is 15.3. The fourth-order valence-electron chi connectivity index (χ4n) is 4.18. The van der Waals surface area contributed by atoms with Gasteiger partial charge in [-0.05, 0) is 74.3 Å². The monoisotopic (exact) mass is 300 g/mol. The SMILES string of the molecule is Cc1c(C)c(C)c(C(=O)C[C@H](C)C2CCCCC2)c(C)c1C. The first-order valence-corrected chi connectivity index (χ1v) is 8.94. The van der Waals surface area contributed by atoms with Crippen LogP contribution in [0.3, 0.4) is 0 Å². The van der Waals surface area contributed by atoms with Crippen LogP contribution >= 0.6 is 0 Å². The lowest BCUT2D eigenvalue weighted by Crippen LogP contribution is -2.20. The molecule has 1 aliphatic carbocycles. The summed E-state index contributed by atoms with van der Waals surface area (Å²) in [5, 5.41) is 0. The minimum atomic E-state index is 0.360. The van der Waals surface area contributed by atoms with Crippen molar-refractivity contribution >= 4 is 5.78 Å². The molecule has 0 heterocycles. The largest absolute Gasteiger partial charge is 0.294 e. The van der Waals surface area contributed by atoms with Crippen molar-refractivity contribution in [2.45, 2.75) is 80.1 Å². The molecule has 0 saturated heterocycles. The average Bonchev–Trinajstić information content (AvgIpc) is 2.52. The normalized spacial score (nSPS) is 17.5. The Hall–Kier alpha value is -1.11. The molecular formula is C21H32O. The van der Waals surface area contributed by atoms with Gasteiger partial charge in [0.2, 0.25) is 0 Å². The molecule has 0 aliphatic heterocycles. The maximum Gasteiger partial charge on any atom is 0.163 e. The number of carbonyl (C=O) groups excluding carboxylic acids is 1. The van der Waals surface area contributed by atoms with Crippen molar-refractivity contribution in [3.63, 3.8) is 0 Å². The number of rotatable bonds is 4. The summed E-state index contributed by atoms with van der Waals surface area (Å²) in [5.74, 6) is 1.64. The number of Topliss-reactive ketones (excluding diaryl/α,β-unsaturated/α-hetero) is 1. The molecule has 1 saturated carbocycles. The number of carbonyl (C=O) groups is 1. The molecule has 1 nitrogen and oxygen atoms in total. The van der Waals surface area contributed by atoms with E-state index >= 15 is 0 Å². The summed E-state index contributed by atoms with van der Waals surface area (Å²) < 4.78 is 0. The molecule has 0 aromatic heterocycles. The van der Waals surface area contributed by atoms with Gasteiger partial charge in [-0.2, -0.15) is 0 Å². The van der Waals surface area contributed by atoms with E-state index in [-0.39, 0.29) is 0 Å². The highest BCUT2D eigenvalue weighted by molar-refractivity contribution is 5.99. The third-order valence-corrected chi connectivity index (χ3v) is 6.24. The van der Waals surface area contributed by atoms with E-state index in [1.54, 1.807) is 0 Å². The van der Waals surface area contributed by atoms with Crippen LogP contribution in [0.1, 0.15) is 83.6 Å². The first-order chi connectivity index (χ1) is 10.3. The molecule has 0 bridgehead atoms. The van der Waals surface area contributed by atoms with Crippen molar-refractivity contribution in [2.75, 3.05) is 0 Å². The summed E-state index contributed by atoms with van der Waals surface area (Å²) in [7, 11) is 0. The molecule has 0 amide bonds. The third-order valence-electron chi connectivity index (χ3n) is 6.24. The molecule has 1 aromatic carbocycles. The highest BCUT2D eigenvalue weighted by Gasteiger charge is 2.25. The molecule has 2 rings (SSSR count). The quantitative estimate of drug-likeness (QED) is 0.621. The number of hydrogen-bond acceptors (Lipinski definition) is 1. The van der Waals surface area contributed by atoms with Crippen LogP contribution in [-0.4, -0.2) is 5.78 Å². The molecule has 1 heteroatoms. The molecule has 1 atom stereocenters. The molecule has 0 unspecified atom stereocenters. The first-order valence-electron chi connectivity index (χ1n) is 8.94. The Morgan fingerprint density at radius 2 is 1.32 bits per heavy atom. The van der Waals surface area contributed by atoms with Crippen LogP contribution < -0.4 is 0 Å². The Morgan fingerprint density at radius 3 is 1.82 bits per heavy atom. The van der Waals surface area contributed by atoms with Gasteiger partial charge in [-0.3, -0.25) is 4.79 Å². The fourth-order valence-corrected chi connectivity index (χ4v) is 4.18. The van der Waals surface area contributed by atoms with Crippen molar-refractivity contribution in [1.29, 1.82) is 0 Å². The van der Waals surface area contributed by atoms with E-state index in [1.165, 1.54) is 59.9 Å². The van der Waals surface area contributed by atoms with E-state index in [0.29, 0.717) is 18.1 Å². The Balaban J connectivity index is 2.22. The topological polar surface area (TPSA) is 17.1 Å². The van der Waals surface area contributed by atoms with Crippen LogP contribution in [0.15, 0.2) is 0 Å². The molecule has 22 heavy (non-hydrogen) atoms. The average molecular weight is 300 g/mol. The van der Waals surface area contributed by atoms with Crippen LogP contribution in [-0.2, 0) is 0 Å². The Kier molecular flexibility index (Phi) is 5.47. The van der Waals surface area contributed by atoms with E-state index in [2.05, 4.69) is 41.5 Å². The Labute approximate surface area is 136 Å². The van der Waals surface area contributed by atoms with Gasteiger partial charge in [-0.15, -0.1) is 0 Å². The van der Waals surface area contributed by atoms with Crippen molar-refractivity contribution in [3.8, 4) is 0 Å². The van der Waals surface area contributed by atoms with E-state index in [9.17, 15) is 4.79 Å². The molecule has 0 radical (unpaired) electrons. The molecule has 1 fully saturated rings. The highest BCUT2D eigenvalue weighted by atomic mass is 16.1. The summed E-state index contributed by atoms with van der Waals surface area (Å²) in [4.78, 5) is 13.0. The van der Waals surface area contributed by atoms with Crippen LogP contribution in [0, 0.1) is 46.5 Å². The second-order valence-electron chi connectivity index (χ2n) is 7.50. The van der Waals surface area contributed by atoms with Crippen LogP contribution in [0.2, 0.25) is 0 Å². The molecule has 122 valence electrons. The minimum absolute atomic E-state index is 0.360. The molecule has 0 N–H and O–H groups in total. The smallest absolute Gasteiger partial charge is 0.163 e. The van der Waals surface area contributed by atoms with Crippen molar-refractivity contribution in [3.05, 3.63) is 33.4 Å². The maximum atomic E-state index is 13.0. The lowest BCUT2D eigenvalue weighted by atomic mass is 9.77. The van der Waals surface area contributed by atoms with E-state index in [0.717, 1.165) is 11.5 Å². The number of benzene rings is 1. The lowest BCUT2D eigenvalue weighted by Gasteiger charge is -2.28. The highest BCUT2D eigenvalue weighted by Crippen LogP contribution is 2.34. The maximum absolute atomic E-state index is 13.0. The van der Waals surface area contributed by atoms with Gasteiger partial charge < -0.3 is 0 Å². The Morgan fingerprint density at radius 1 is 0.864 bits per heavy atom. The lowest BCUT2D eigenvalue weighted by molar-refractivity contribution is 0.0938. The number of ketones is 1. The van der Waals surface area contributed by atoms with Crippen molar-refractivity contribution in [1.82, 2.24) is 0 Å². The predicted octanol–water partition coefficient (Wildman–Crippen LogP) is 6.02. The summed E-state index contributed by atoms with van der Waals surface area (Å²) in [6.45, 7) is 13.0. The van der Waals surface area contributed by atoms with Crippen LogP contribution in [0.4, 0.5) is 0 Å². The molecular weight excluding hydrogens is 268 g/mol. The third kappa shape index (κ3) is 3.29. The second kappa shape index (κ2) is 6.98. The van der Waals surface area contributed by atoms with E-state index in [1.807, 2.05) is 0 Å². The first kappa shape index (κ1) is 17.2. The summed E-state index contributed by atoms with van der Waals surface area (Å²) in [6, 6.07) is 0. The van der Waals surface area contributed by atoms with Gasteiger partial charge in [-0.25, -0.2) is 0 Å². The summed E-state index contributed by atoms with van der Waals surface area (Å²) >= 11 is 0. The van der Waals surface area contributed by atoms with Gasteiger partial charge in [0.25, 0.3) is 0 Å². The van der Waals surface area contributed by atoms with Crippen LogP contribution in [0.25, 0.3) is 0 Å². The summed E-state index contributed by atoms with van der Waals surface area (Å²) in [5.41, 5.74) is 7.31. The molecule has 0 spiro atoms. The van der Waals surface area contributed by atoms with Gasteiger partial charge in [-0.1, -0.05) is 39.0 Å². The Bertz CT molecular complexity index is 533. The fraction of sp³-hybridized carbons (Fsp3) is 0.667. The van der Waals surface area contributed by atoms with Gasteiger partial charge >= 0.3 is 0 Å². The molecule has 1 aromatic rings. The zero-order valence-corrected chi connectivity index (χ0v) is 15.3. The number of hydrogen-bond donors (Lipinski definition) is 0. The van der Waals surface area contributed by atoms with Crippen LogP contribution in [0.5, 0.6) is 0 Å². The van der Waals surface area contributed by atoms with E-state index < -0.39 is 0 Å². The second-order valence-corrected chi connectivity index (χ2v) is 7.50. The zero-order chi connectivity index (χ0) is 16.4. The predicted molar refractivity (Wildman–Crippen MR) is 94.8 cm³/mol.